The lowest BCUT2D eigenvalue weighted by molar-refractivity contribution is -0.271. The Labute approximate surface area is 134 Å². The van der Waals surface area contributed by atoms with Crippen LogP contribution in [0, 0.1) is 0 Å². The van der Waals surface area contributed by atoms with E-state index < -0.39 is 42.3 Å². The van der Waals surface area contributed by atoms with Crippen LogP contribution in [0.15, 0.2) is 39.5 Å². The number of carboxylic acids is 1. The van der Waals surface area contributed by atoms with Crippen molar-refractivity contribution in [2.45, 2.75) is 30.7 Å². The molecule has 5 atom stereocenters. The molecular formula is C15H14O9. The van der Waals surface area contributed by atoms with Gasteiger partial charge in [0.25, 0.3) is 0 Å². The molecule has 1 fully saturated rings. The summed E-state index contributed by atoms with van der Waals surface area (Å²) in [7, 11) is 0. The summed E-state index contributed by atoms with van der Waals surface area (Å²) in [6.45, 7) is 0. The second kappa shape index (κ2) is 6.21. The van der Waals surface area contributed by atoms with Gasteiger partial charge in [-0.3, -0.25) is 0 Å². The van der Waals surface area contributed by atoms with Gasteiger partial charge in [-0.2, -0.15) is 0 Å². The first-order valence-corrected chi connectivity index (χ1v) is 7.00. The zero-order valence-electron chi connectivity index (χ0n) is 12.1. The summed E-state index contributed by atoms with van der Waals surface area (Å²) in [5.41, 5.74) is -0.546. The highest BCUT2D eigenvalue weighted by molar-refractivity contribution is 5.77. The number of carbonyl (C=O) groups is 1. The standard InChI is InChI=1S/C15H14O9/c16-9-10(17)12(13(19)20)24-15(11(9)18)23-8-5-6-3-1-2-4-7(6)22-14(8)21/h1-5,9-12,15-18H,(H,19,20)/t9-,10-,11+,12-,15+/m0/s1. The first kappa shape index (κ1) is 16.4. The van der Waals surface area contributed by atoms with Crippen molar-refractivity contribution in [3.8, 4) is 5.75 Å². The highest BCUT2D eigenvalue weighted by Gasteiger charge is 2.48. The maximum Gasteiger partial charge on any atom is 0.379 e. The van der Waals surface area contributed by atoms with Crippen LogP contribution in [0.2, 0.25) is 0 Å². The van der Waals surface area contributed by atoms with Crippen molar-refractivity contribution in [1.82, 2.24) is 0 Å². The Hall–Kier alpha value is -2.46. The molecule has 3 rings (SSSR count). The molecule has 2 aromatic rings. The van der Waals surface area contributed by atoms with Gasteiger partial charge in [-0.25, -0.2) is 9.59 Å². The number of para-hydroxylation sites is 1. The summed E-state index contributed by atoms with van der Waals surface area (Å²) in [6.07, 6.45) is -8.92. The molecule has 1 aliphatic rings. The monoisotopic (exact) mass is 338 g/mol. The van der Waals surface area contributed by atoms with Crippen LogP contribution in [-0.2, 0) is 9.53 Å². The van der Waals surface area contributed by atoms with Gasteiger partial charge in [-0.1, -0.05) is 18.2 Å². The highest BCUT2D eigenvalue weighted by Crippen LogP contribution is 2.24. The third-order valence-corrected chi connectivity index (χ3v) is 3.67. The molecular weight excluding hydrogens is 324 g/mol. The Bertz CT molecular complexity index is 814. The summed E-state index contributed by atoms with van der Waals surface area (Å²) < 4.78 is 15.2. The molecule has 9 nitrogen and oxygen atoms in total. The van der Waals surface area contributed by atoms with Gasteiger partial charge in [-0.15, -0.1) is 0 Å². The van der Waals surface area contributed by atoms with Crippen LogP contribution >= 0.6 is 0 Å². The smallest absolute Gasteiger partial charge is 0.379 e. The fourth-order valence-electron chi connectivity index (χ4n) is 2.40. The molecule has 24 heavy (non-hydrogen) atoms. The lowest BCUT2D eigenvalue weighted by Crippen LogP contribution is -2.61. The van der Waals surface area contributed by atoms with Gasteiger partial charge in [0.15, 0.2) is 6.10 Å². The molecule has 128 valence electrons. The van der Waals surface area contributed by atoms with Gasteiger partial charge in [0.05, 0.1) is 0 Å². The minimum absolute atomic E-state index is 0.318. The van der Waals surface area contributed by atoms with Gasteiger partial charge in [0.1, 0.15) is 23.9 Å². The van der Waals surface area contributed by atoms with Crippen molar-refractivity contribution in [3.05, 3.63) is 40.8 Å². The van der Waals surface area contributed by atoms with E-state index in [0.29, 0.717) is 11.0 Å². The summed E-state index contributed by atoms with van der Waals surface area (Å²) in [6, 6.07) is 7.95. The van der Waals surface area contributed by atoms with Gasteiger partial charge >= 0.3 is 11.6 Å². The Kier molecular flexibility index (Phi) is 4.24. The average molecular weight is 338 g/mol. The summed E-state index contributed by atoms with van der Waals surface area (Å²) in [5.74, 6) is -1.88. The first-order chi connectivity index (χ1) is 11.4. The number of fused-ring (bicyclic) bond motifs is 1. The topological polar surface area (TPSA) is 147 Å². The summed E-state index contributed by atoms with van der Waals surface area (Å²) in [5, 5.41) is 38.7. The lowest BCUT2D eigenvalue weighted by Gasteiger charge is -2.38. The number of aliphatic carboxylic acids is 1. The molecule has 1 aromatic carbocycles. The molecule has 2 heterocycles. The number of benzene rings is 1. The minimum Gasteiger partial charge on any atom is -0.479 e. The molecule has 0 saturated carbocycles. The predicted octanol–water partition coefficient (Wildman–Crippen LogP) is -0.936. The predicted molar refractivity (Wildman–Crippen MR) is 77.4 cm³/mol. The molecule has 0 bridgehead atoms. The molecule has 9 heteroatoms. The third-order valence-electron chi connectivity index (χ3n) is 3.67. The number of rotatable bonds is 3. The van der Waals surface area contributed by atoms with Crippen LogP contribution in [0.3, 0.4) is 0 Å². The van der Waals surface area contributed by atoms with Gasteiger partial charge in [-0.05, 0) is 12.1 Å². The number of carboxylic acid groups (broad SMARTS) is 1. The van der Waals surface area contributed by atoms with E-state index in [1.54, 1.807) is 24.3 Å². The van der Waals surface area contributed by atoms with E-state index in [2.05, 4.69) is 0 Å². The van der Waals surface area contributed by atoms with Crippen molar-refractivity contribution >= 4 is 16.9 Å². The Morgan fingerprint density at radius 1 is 1.08 bits per heavy atom. The molecule has 0 spiro atoms. The SMILES string of the molecule is O=C(O)[C@H]1O[C@@H](Oc2cc3ccccc3oc2=O)[C@H](O)[C@@H](O)[C@@H]1O. The normalized spacial score (nSPS) is 30.2. The van der Waals surface area contributed by atoms with Crippen molar-refractivity contribution in [3.63, 3.8) is 0 Å². The molecule has 0 amide bonds. The maximum absolute atomic E-state index is 11.9. The van der Waals surface area contributed by atoms with Crippen molar-refractivity contribution in [2.75, 3.05) is 0 Å². The van der Waals surface area contributed by atoms with E-state index in [0.717, 1.165) is 0 Å². The van der Waals surface area contributed by atoms with Crippen LogP contribution in [0.1, 0.15) is 0 Å². The second-order valence-electron chi connectivity index (χ2n) is 5.29. The Morgan fingerprint density at radius 3 is 2.50 bits per heavy atom. The molecule has 0 unspecified atom stereocenters. The molecule has 1 aliphatic heterocycles. The van der Waals surface area contributed by atoms with Crippen LogP contribution < -0.4 is 10.4 Å². The van der Waals surface area contributed by atoms with Crippen molar-refractivity contribution < 1.29 is 39.1 Å². The number of ether oxygens (including phenoxy) is 2. The van der Waals surface area contributed by atoms with E-state index in [9.17, 15) is 24.9 Å². The van der Waals surface area contributed by atoms with Crippen molar-refractivity contribution in [1.29, 1.82) is 0 Å². The first-order valence-electron chi connectivity index (χ1n) is 7.00. The highest BCUT2D eigenvalue weighted by atomic mass is 16.7. The molecule has 0 radical (unpaired) electrons. The van der Waals surface area contributed by atoms with Crippen LogP contribution in [0.25, 0.3) is 11.0 Å². The van der Waals surface area contributed by atoms with E-state index in [1.165, 1.54) is 6.07 Å². The van der Waals surface area contributed by atoms with Crippen LogP contribution in [-0.4, -0.2) is 57.1 Å². The minimum atomic E-state index is -1.84. The van der Waals surface area contributed by atoms with Gasteiger partial charge in [0, 0.05) is 5.39 Å². The van der Waals surface area contributed by atoms with Gasteiger partial charge in [0.2, 0.25) is 12.0 Å². The molecule has 0 aliphatic carbocycles. The summed E-state index contributed by atoms with van der Waals surface area (Å²) in [4.78, 5) is 23.0. The van der Waals surface area contributed by atoms with Crippen LogP contribution in [0.5, 0.6) is 5.75 Å². The van der Waals surface area contributed by atoms with E-state index in [-0.39, 0.29) is 5.75 Å². The number of hydrogen-bond acceptors (Lipinski definition) is 8. The van der Waals surface area contributed by atoms with E-state index >= 15 is 0 Å². The fourth-order valence-corrected chi connectivity index (χ4v) is 2.40. The quantitative estimate of drug-likeness (QED) is 0.521. The Morgan fingerprint density at radius 2 is 1.79 bits per heavy atom. The van der Waals surface area contributed by atoms with E-state index in [1.807, 2.05) is 0 Å². The number of aliphatic hydroxyl groups is 3. The zero-order chi connectivity index (χ0) is 17.4. The van der Waals surface area contributed by atoms with Crippen molar-refractivity contribution in [2.24, 2.45) is 0 Å². The maximum atomic E-state index is 11.9. The summed E-state index contributed by atoms with van der Waals surface area (Å²) >= 11 is 0. The van der Waals surface area contributed by atoms with E-state index in [4.69, 9.17) is 19.0 Å². The molecule has 1 saturated heterocycles. The Balaban J connectivity index is 1.90. The van der Waals surface area contributed by atoms with Crippen LogP contribution in [0.4, 0.5) is 0 Å². The zero-order valence-corrected chi connectivity index (χ0v) is 12.1. The largest absolute Gasteiger partial charge is 0.479 e. The number of hydrogen-bond donors (Lipinski definition) is 4. The molecule has 1 aromatic heterocycles. The van der Waals surface area contributed by atoms with Gasteiger partial charge < -0.3 is 34.3 Å². The average Bonchev–Trinajstić information content (AvgIpc) is 2.55. The molecule has 4 N–H and O–H groups in total. The second-order valence-corrected chi connectivity index (χ2v) is 5.29. The lowest BCUT2D eigenvalue weighted by atomic mass is 9.99. The third kappa shape index (κ3) is 2.85. The fraction of sp³-hybridized carbons (Fsp3) is 0.333. The number of aliphatic hydroxyl groups excluding tert-OH is 3.